The van der Waals surface area contributed by atoms with Gasteiger partial charge in [-0.15, -0.1) is 0 Å². The van der Waals surface area contributed by atoms with Gasteiger partial charge in [-0.2, -0.15) is 0 Å². The molecule has 0 saturated heterocycles. The highest BCUT2D eigenvalue weighted by molar-refractivity contribution is 6.09. The fourth-order valence-corrected chi connectivity index (χ4v) is 3.57. The standard InChI is InChI=1S/C28H27N3O2/c1-20-6-8-21(9-7-20)26-15-14-25(33-2)19-27(26)28(32)31-24-12-10-23(11-13-24)30-18-16-22-5-3-4-17-29-22/h3-15,17,19,30H,16,18H2,1-2H3,(H,31,32). The summed E-state index contributed by atoms with van der Waals surface area (Å²) in [6.45, 7) is 2.83. The van der Waals surface area contributed by atoms with Crippen LogP contribution in [0, 0.1) is 6.92 Å². The Morgan fingerprint density at radius 1 is 0.909 bits per heavy atom. The van der Waals surface area contributed by atoms with Crippen molar-refractivity contribution in [3.63, 3.8) is 0 Å². The van der Waals surface area contributed by atoms with Gasteiger partial charge in [-0.05, 0) is 72.6 Å². The average Bonchev–Trinajstić information content (AvgIpc) is 2.86. The molecule has 0 aliphatic rings. The maximum absolute atomic E-state index is 13.2. The van der Waals surface area contributed by atoms with Crippen molar-refractivity contribution in [2.24, 2.45) is 0 Å². The van der Waals surface area contributed by atoms with E-state index in [-0.39, 0.29) is 5.91 Å². The highest BCUT2D eigenvalue weighted by Crippen LogP contribution is 2.28. The predicted octanol–water partition coefficient (Wildman–Crippen LogP) is 5.97. The van der Waals surface area contributed by atoms with Crippen molar-refractivity contribution in [1.82, 2.24) is 4.98 Å². The Morgan fingerprint density at radius 3 is 2.36 bits per heavy atom. The lowest BCUT2D eigenvalue weighted by molar-refractivity contribution is 0.102. The van der Waals surface area contributed by atoms with Gasteiger partial charge in [0.05, 0.1) is 12.7 Å². The van der Waals surface area contributed by atoms with Crippen molar-refractivity contribution in [3.8, 4) is 16.9 Å². The molecule has 2 N–H and O–H groups in total. The van der Waals surface area contributed by atoms with Crippen LogP contribution in [0.25, 0.3) is 11.1 Å². The highest BCUT2D eigenvalue weighted by Gasteiger charge is 2.15. The molecule has 1 heterocycles. The Balaban J connectivity index is 1.45. The molecule has 5 nitrogen and oxygen atoms in total. The van der Waals surface area contributed by atoms with Crippen LogP contribution in [-0.4, -0.2) is 24.5 Å². The second kappa shape index (κ2) is 10.5. The van der Waals surface area contributed by atoms with Gasteiger partial charge in [0.2, 0.25) is 0 Å². The topological polar surface area (TPSA) is 63.2 Å². The van der Waals surface area contributed by atoms with Crippen LogP contribution in [0.4, 0.5) is 11.4 Å². The molecule has 0 radical (unpaired) electrons. The molecule has 5 heteroatoms. The third-order valence-corrected chi connectivity index (χ3v) is 5.41. The lowest BCUT2D eigenvalue weighted by atomic mass is 9.98. The number of hydrogen-bond donors (Lipinski definition) is 2. The second-order valence-electron chi connectivity index (χ2n) is 7.81. The van der Waals surface area contributed by atoms with Crippen LogP contribution in [0.1, 0.15) is 21.6 Å². The number of amides is 1. The number of ether oxygens (including phenoxy) is 1. The molecule has 4 aromatic rings. The van der Waals surface area contributed by atoms with Gasteiger partial charge in [-0.3, -0.25) is 9.78 Å². The van der Waals surface area contributed by atoms with Crippen LogP contribution in [0.15, 0.2) is 91.1 Å². The van der Waals surface area contributed by atoms with Crippen molar-refractivity contribution >= 4 is 17.3 Å². The summed E-state index contributed by atoms with van der Waals surface area (Å²) in [5.74, 6) is 0.462. The van der Waals surface area contributed by atoms with Crippen LogP contribution in [0.2, 0.25) is 0 Å². The van der Waals surface area contributed by atoms with Crippen LogP contribution in [-0.2, 0) is 6.42 Å². The molecular formula is C28H27N3O2. The van der Waals surface area contributed by atoms with Crippen LogP contribution in [0.3, 0.4) is 0 Å². The first kappa shape index (κ1) is 22.1. The summed E-state index contributed by atoms with van der Waals surface area (Å²) >= 11 is 0. The van der Waals surface area contributed by atoms with Gasteiger partial charge in [0.25, 0.3) is 5.91 Å². The molecule has 0 saturated carbocycles. The molecular weight excluding hydrogens is 410 g/mol. The van der Waals surface area contributed by atoms with Gasteiger partial charge in [-0.25, -0.2) is 0 Å². The van der Waals surface area contributed by atoms with Crippen LogP contribution in [0.5, 0.6) is 5.75 Å². The maximum Gasteiger partial charge on any atom is 0.256 e. The molecule has 4 rings (SSSR count). The largest absolute Gasteiger partial charge is 0.497 e. The Kier molecular flexibility index (Phi) is 7.00. The fourth-order valence-electron chi connectivity index (χ4n) is 3.57. The normalized spacial score (nSPS) is 10.5. The van der Waals surface area contributed by atoms with Crippen molar-refractivity contribution in [3.05, 3.63) is 108 Å². The SMILES string of the molecule is COc1ccc(-c2ccc(C)cc2)c(C(=O)Nc2ccc(NCCc3ccccn3)cc2)c1. The van der Waals surface area contributed by atoms with Crippen molar-refractivity contribution < 1.29 is 9.53 Å². The number of carbonyl (C=O) groups is 1. The minimum atomic E-state index is -0.180. The predicted molar refractivity (Wildman–Crippen MR) is 134 cm³/mol. The molecule has 0 spiro atoms. The number of nitrogens with zero attached hydrogens (tertiary/aromatic N) is 1. The lowest BCUT2D eigenvalue weighted by Gasteiger charge is -2.13. The third-order valence-electron chi connectivity index (χ3n) is 5.41. The summed E-state index contributed by atoms with van der Waals surface area (Å²) in [4.78, 5) is 17.5. The van der Waals surface area contributed by atoms with E-state index >= 15 is 0 Å². The summed E-state index contributed by atoms with van der Waals surface area (Å²) in [7, 11) is 1.60. The fraction of sp³-hybridized carbons (Fsp3) is 0.143. The number of nitrogens with one attached hydrogen (secondary N) is 2. The molecule has 0 fully saturated rings. The quantitative estimate of drug-likeness (QED) is 0.356. The van der Waals surface area contributed by atoms with Gasteiger partial charge >= 0.3 is 0 Å². The number of methoxy groups -OCH3 is 1. The zero-order valence-corrected chi connectivity index (χ0v) is 18.8. The number of aromatic nitrogens is 1. The minimum Gasteiger partial charge on any atom is -0.497 e. The Labute approximate surface area is 194 Å². The first-order chi connectivity index (χ1) is 16.1. The third kappa shape index (κ3) is 5.77. The number of carbonyl (C=O) groups excluding carboxylic acids is 1. The first-order valence-electron chi connectivity index (χ1n) is 10.9. The molecule has 3 aromatic carbocycles. The van der Waals surface area contributed by atoms with Gasteiger partial charge in [0, 0.05) is 36.2 Å². The molecule has 0 aliphatic carbocycles. The zero-order chi connectivity index (χ0) is 23.0. The summed E-state index contributed by atoms with van der Waals surface area (Å²) in [6, 6.07) is 27.3. The summed E-state index contributed by atoms with van der Waals surface area (Å²) < 4.78 is 5.36. The molecule has 33 heavy (non-hydrogen) atoms. The number of rotatable bonds is 8. The van der Waals surface area contributed by atoms with Gasteiger partial charge in [0.15, 0.2) is 0 Å². The van der Waals surface area contributed by atoms with E-state index < -0.39 is 0 Å². The maximum atomic E-state index is 13.2. The van der Waals surface area contributed by atoms with E-state index in [1.807, 2.05) is 85.8 Å². The average molecular weight is 438 g/mol. The van der Waals surface area contributed by atoms with E-state index in [2.05, 4.69) is 15.6 Å². The van der Waals surface area contributed by atoms with Gasteiger partial charge in [-0.1, -0.05) is 35.9 Å². The number of hydrogen-bond acceptors (Lipinski definition) is 4. The van der Waals surface area contributed by atoms with Crippen molar-refractivity contribution in [2.45, 2.75) is 13.3 Å². The first-order valence-corrected chi connectivity index (χ1v) is 10.9. The zero-order valence-electron chi connectivity index (χ0n) is 18.8. The van der Waals surface area contributed by atoms with E-state index in [1.54, 1.807) is 19.4 Å². The number of benzene rings is 3. The summed E-state index contributed by atoms with van der Waals surface area (Å²) in [5, 5.41) is 6.39. The van der Waals surface area contributed by atoms with Gasteiger partial charge in [0.1, 0.15) is 5.75 Å². The number of anilines is 2. The van der Waals surface area contributed by atoms with E-state index in [0.717, 1.165) is 41.2 Å². The van der Waals surface area contributed by atoms with E-state index in [1.165, 1.54) is 5.56 Å². The van der Waals surface area contributed by atoms with Crippen molar-refractivity contribution in [1.29, 1.82) is 0 Å². The van der Waals surface area contributed by atoms with E-state index in [4.69, 9.17) is 4.74 Å². The Morgan fingerprint density at radius 2 is 1.67 bits per heavy atom. The molecule has 166 valence electrons. The monoisotopic (exact) mass is 437 g/mol. The highest BCUT2D eigenvalue weighted by atomic mass is 16.5. The van der Waals surface area contributed by atoms with Gasteiger partial charge < -0.3 is 15.4 Å². The number of pyridine rings is 1. The number of aryl methyl sites for hydroxylation is 1. The van der Waals surface area contributed by atoms with E-state index in [0.29, 0.717) is 11.3 Å². The van der Waals surface area contributed by atoms with Crippen LogP contribution >= 0.6 is 0 Å². The Hall–Kier alpha value is -4.12. The summed E-state index contributed by atoms with van der Waals surface area (Å²) in [6.07, 6.45) is 2.65. The minimum absolute atomic E-state index is 0.180. The molecule has 0 atom stereocenters. The molecule has 0 aliphatic heterocycles. The molecule has 1 amide bonds. The van der Waals surface area contributed by atoms with Crippen LogP contribution < -0.4 is 15.4 Å². The molecule has 0 unspecified atom stereocenters. The lowest BCUT2D eigenvalue weighted by Crippen LogP contribution is -2.13. The molecule has 0 bridgehead atoms. The summed E-state index contributed by atoms with van der Waals surface area (Å²) in [5.41, 5.74) is 6.36. The Bertz CT molecular complexity index is 1200. The second-order valence-corrected chi connectivity index (χ2v) is 7.81. The smallest absolute Gasteiger partial charge is 0.256 e. The van der Waals surface area contributed by atoms with E-state index in [9.17, 15) is 4.79 Å². The molecule has 1 aromatic heterocycles. The van der Waals surface area contributed by atoms with Crippen molar-refractivity contribution in [2.75, 3.05) is 24.3 Å².